The number of hydrogen-bond acceptors (Lipinski definition) is 4. The number of carboxylic acids is 1. The summed E-state index contributed by atoms with van der Waals surface area (Å²) in [6.07, 6.45) is 0.914. The maximum Gasteiger partial charge on any atom is 0.326 e. The fourth-order valence-corrected chi connectivity index (χ4v) is 1.33. The number of rotatable bonds is 6. The summed E-state index contributed by atoms with van der Waals surface area (Å²) in [4.78, 5) is 21.9. The van der Waals surface area contributed by atoms with Gasteiger partial charge in [-0.05, 0) is 5.92 Å². The lowest BCUT2D eigenvalue weighted by molar-refractivity contribution is -0.142. The molecule has 3 N–H and O–H groups in total. The van der Waals surface area contributed by atoms with E-state index in [2.05, 4.69) is 5.32 Å². The Bertz CT molecular complexity index is 363. The van der Waals surface area contributed by atoms with Gasteiger partial charge in [-0.3, -0.25) is 4.79 Å². The zero-order valence-corrected chi connectivity index (χ0v) is 10.2. The van der Waals surface area contributed by atoms with Crippen LogP contribution in [0.15, 0.2) is 0 Å². The normalized spacial score (nSPS) is 13.5. The smallest absolute Gasteiger partial charge is 0.326 e. The van der Waals surface area contributed by atoms with Crippen molar-refractivity contribution in [2.45, 2.75) is 19.9 Å². The monoisotopic (exact) mass is 252 g/mol. The van der Waals surface area contributed by atoms with Crippen molar-refractivity contribution < 1.29 is 23.1 Å². The number of sulfonamides is 1. The van der Waals surface area contributed by atoms with Crippen LogP contribution in [0.25, 0.3) is 0 Å². The SMILES string of the molecule is CC(C)C(NC(=O)CNS(C)(=O)=O)C(=O)O. The highest BCUT2D eigenvalue weighted by atomic mass is 32.2. The number of carboxylic acid groups (broad SMARTS) is 1. The van der Waals surface area contributed by atoms with Gasteiger partial charge < -0.3 is 10.4 Å². The minimum Gasteiger partial charge on any atom is -0.480 e. The van der Waals surface area contributed by atoms with E-state index in [1.165, 1.54) is 0 Å². The first-order valence-electron chi connectivity index (χ1n) is 4.60. The fraction of sp³-hybridized carbons (Fsp3) is 0.750. The van der Waals surface area contributed by atoms with E-state index in [-0.39, 0.29) is 5.92 Å². The van der Waals surface area contributed by atoms with Crippen molar-refractivity contribution in [3.05, 3.63) is 0 Å². The topological polar surface area (TPSA) is 113 Å². The van der Waals surface area contributed by atoms with Crippen molar-refractivity contribution in [1.29, 1.82) is 0 Å². The predicted molar refractivity (Wildman–Crippen MR) is 57.3 cm³/mol. The molecule has 0 aliphatic rings. The average Bonchev–Trinajstić information content (AvgIpc) is 2.08. The lowest BCUT2D eigenvalue weighted by Gasteiger charge is -2.17. The van der Waals surface area contributed by atoms with Crippen LogP contribution in [-0.4, -0.2) is 44.2 Å². The summed E-state index contributed by atoms with van der Waals surface area (Å²) in [5, 5.41) is 11.0. The Morgan fingerprint density at radius 2 is 1.81 bits per heavy atom. The average molecular weight is 252 g/mol. The Morgan fingerprint density at radius 3 is 2.12 bits per heavy atom. The summed E-state index contributed by atoms with van der Waals surface area (Å²) in [5.41, 5.74) is 0. The summed E-state index contributed by atoms with van der Waals surface area (Å²) < 4.78 is 23.3. The molecule has 0 bridgehead atoms. The molecule has 0 aromatic heterocycles. The van der Waals surface area contributed by atoms with Crippen LogP contribution in [0, 0.1) is 5.92 Å². The van der Waals surface area contributed by atoms with Crippen LogP contribution >= 0.6 is 0 Å². The summed E-state index contributed by atoms with van der Waals surface area (Å²) in [6, 6.07) is -1.02. The summed E-state index contributed by atoms with van der Waals surface area (Å²) in [7, 11) is -3.45. The van der Waals surface area contributed by atoms with Crippen molar-refractivity contribution in [3.8, 4) is 0 Å². The molecule has 0 aromatic carbocycles. The third kappa shape index (κ3) is 6.36. The molecular formula is C8H16N2O5S. The van der Waals surface area contributed by atoms with E-state index in [1.807, 2.05) is 4.72 Å². The molecule has 0 aliphatic carbocycles. The van der Waals surface area contributed by atoms with Gasteiger partial charge in [-0.15, -0.1) is 0 Å². The minimum atomic E-state index is -3.45. The zero-order valence-electron chi connectivity index (χ0n) is 9.35. The van der Waals surface area contributed by atoms with Gasteiger partial charge in [0.25, 0.3) is 0 Å². The number of amides is 1. The van der Waals surface area contributed by atoms with Crippen LogP contribution in [-0.2, 0) is 19.6 Å². The van der Waals surface area contributed by atoms with Gasteiger partial charge in [0, 0.05) is 0 Å². The lowest BCUT2D eigenvalue weighted by Crippen LogP contribution is -2.47. The first-order chi connectivity index (χ1) is 7.13. The second-order valence-electron chi connectivity index (χ2n) is 3.72. The molecule has 0 saturated carbocycles. The Hall–Kier alpha value is -1.15. The van der Waals surface area contributed by atoms with Crippen LogP contribution < -0.4 is 10.0 Å². The Balaban J connectivity index is 4.27. The van der Waals surface area contributed by atoms with Crippen LogP contribution in [0.1, 0.15) is 13.8 Å². The lowest BCUT2D eigenvalue weighted by atomic mass is 10.1. The molecule has 8 heteroatoms. The second kappa shape index (κ2) is 5.80. The van der Waals surface area contributed by atoms with E-state index < -0.39 is 34.5 Å². The third-order valence-corrected chi connectivity index (χ3v) is 2.41. The number of carbonyl (C=O) groups excluding carboxylic acids is 1. The maximum atomic E-state index is 11.2. The van der Waals surface area contributed by atoms with E-state index in [4.69, 9.17) is 5.11 Å². The molecule has 0 rings (SSSR count). The predicted octanol–water partition coefficient (Wildman–Crippen LogP) is -1.24. The van der Waals surface area contributed by atoms with Crippen molar-refractivity contribution in [2.75, 3.05) is 12.8 Å². The Morgan fingerprint density at radius 1 is 1.31 bits per heavy atom. The van der Waals surface area contributed by atoms with Gasteiger partial charge in [0.15, 0.2) is 0 Å². The summed E-state index contributed by atoms with van der Waals surface area (Å²) in [5.74, 6) is -2.10. The molecule has 1 amide bonds. The van der Waals surface area contributed by atoms with Crippen molar-refractivity contribution >= 4 is 21.9 Å². The zero-order chi connectivity index (χ0) is 12.9. The third-order valence-electron chi connectivity index (χ3n) is 1.74. The number of nitrogens with one attached hydrogen (secondary N) is 2. The molecule has 94 valence electrons. The minimum absolute atomic E-state index is 0.278. The largest absolute Gasteiger partial charge is 0.480 e. The molecular weight excluding hydrogens is 236 g/mol. The van der Waals surface area contributed by atoms with E-state index >= 15 is 0 Å². The molecule has 0 saturated heterocycles. The highest BCUT2D eigenvalue weighted by molar-refractivity contribution is 7.88. The van der Waals surface area contributed by atoms with E-state index in [9.17, 15) is 18.0 Å². The van der Waals surface area contributed by atoms with E-state index in [1.54, 1.807) is 13.8 Å². The van der Waals surface area contributed by atoms with Crippen LogP contribution in [0.2, 0.25) is 0 Å². The van der Waals surface area contributed by atoms with E-state index in [0.29, 0.717) is 0 Å². The molecule has 0 heterocycles. The molecule has 7 nitrogen and oxygen atoms in total. The van der Waals surface area contributed by atoms with Gasteiger partial charge in [0.1, 0.15) is 6.04 Å². The molecule has 0 aliphatic heterocycles. The van der Waals surface area contributed by atoms with Crippen LogP contribution in [0.4, 0.5) is 0 Å². The fourth-order valence-electron chi connectivity index (χ4n) is 0.935. The first-order valence-corrected chi connectivity index (χ1v) is 6.49. The number of hydrogen-bond donors (Lipinski definition) is 3. The van der Waals surface area contributed by atoms with Gasteiger partial charge >= 0.3 is 5.97 Å². The molecule has 1 atom stereocenters. The Labute approximate surface area is 94.3 Å². The molecule has 16 heavy (non-hydrogen) atoms. The highest BCUT2D eigenvalue weighted by Crippen LogP contribution is 2.01. The van der Waals surface area contributed by atoms with Crippen LogP contribution in [0.5, 0.6) is 0 Å². The van der Waals surface area contributed by atoms with Crippen molar-refractivity contribution in [3.63, 3.8) is 0 Å². The molecule has 0 fully saturated rings. The summed E-state index contributed by atoms with van der Waals surface area (Å²) >= 11 is 0. The molecule has 0 spiro atoms. The van der Waals surface area contributed by atoms with Gasteiger partial charge in [-0.2, -0.15) is 0 Å². The first kappa shape index (κ1) is 14.8. The van der Waals surface area contributed by atoms with Crippen LogP contribution in [0.3, 0.4) is 0 Å². The summed E-state index contributed by atoms with van der Waals surface area (Å²) in [6.45, 7) is 2.82. The number of aliphatic carboxylic acids is 1. The van der Waals surface area contributed by atoms with Crippen molar-refractivity contribution in [2.24, 2.45) is 5.92 Å². The van der Waals surface area contributed by atoms with Gasteiger partial charge in [-0.25, -0.2) is 17.9 Å². The van der Waals surface area contributed by atoms with Gasteiger partial charge in [0.2, 0.25) is 15.9 Å². The number of carbonyl (C=O) groups is 2. The van der Waals surface area contributed by atoms with E-state index in [0.717, 1.165) is 6.26 Å². The maximum absolute atomic E-state index is 11.2. The Kier molecular flexibility index (Phi) is 5.39. The highest BCUT2D eigenvalue weighted by Gasteiger charge is 2.23. The van der Waals surface area contributed by atoms with Gasteiger partial charge in [0.05, 0.1) is 12.8 Å². The molecule has 1 unspecified atom stereocenters. The molecule has 0 aromatic rings. The quantitative estimate of drug-likeness (QED) is 0.547. The standard InChI is InChI=1S/C8H16N2O5S/c1-5(2)7(8(12)13)10-6(11)4-9-16(3,14)15/h5,7,9H,4H2,1-3H3,(H,10,11)(H,12,13). The van der Waals surface area contributed by atoms with Gasteiger partial charge in [-0.1, -0.05) is 13.8 Å². The molecule has 0 radical (unpaired) electrons. The van der Waals surface area contributed by atoms with Crippen molar-refractivity contribution in [1.82, 2.24) is 10.0 Å². The second-order valence-corrected chi connectivity index (χ2v) is 5.55.